The summed E-state index contributed by atoms with van der Waals surface area (Å²) >= 11 is 0. The van der Waals surface area contributed by atoms with Gasteiger partial charge >= 0.3 is 0 Å². The lowest BCUT2D eigenvalue weighted by atomic mass is 9.97. The van der Waals surface area contributed by atoms with Crippen LogP contribution in [0.2, 0.25) is 0 Å². The number of amides is 1. The summed E-state index contributed by atoms with van der Waals surface area (Å²) in [4.78, 5) is 15.2. The van der Waals surface area contributed by atoms with Crippen LogP contribution in [0.4, 0.5) is 0 Å². The Morgan fingerprint density at radius 3 is 2.46 bits per heavy atom. The Bertz CT molecular complexity index is 814. The molecule has 5 rings (SSSR count). The number of nitrogens with zero attached hydrogens (tertiary/aromatic N) is 1. The number of aliphatic hydroxyl groups is 1. The summed E-state index contributed by atoms with van der Waals surface area (Å²) < 4.78 is 0. The number of piperidine rings is 1. The van der Waals surface area contributed by atoms with E-state index in [1.165, 1.54) is 22.3 Å². The highest BCUT2D eigenvalue weighted by atomic mass is 16.3. The van der Waals surface area contributed by atoms with Gasteiger partial charge in [0.25, 0.3) is 5.91 Å². The topological polar surface area (TPSA) is 40.5 Å². The molecular weight excluding hydrogens is 298 g/mol. The summed E-state index contributed by atoms with van der Waals surface area (Å²) in [5.41, 5.74) is 5.92. The fraction of sp³-hybridized carbons (Fsp3) is 0.381. The van der Waals surface area contributed by atoms with E-state index in [1.807, 2.05) is 6.07 Å². The van der Waals surface area contributed by atoms with E-state index in [0.29, 0.717) is 0 Å². The van der Waals surface area contributed by atoms with Crippen LogP contribution in [0.5, 0.6) is 0 Å². The number of carbonyl (C=O) groups is 1. The lowest BCUT2D eigenvalue weighted by Gasteiger charge is -2.37. The number of hydrogen-bond acceptors (Lipinski definition) is 2. The predicted octanol–water partition coefficient (Wildman–Crippen LogP) is 3.39. The van der Waals surface area contributed by atoms with Crippen molar-refractivity contribution in [3.63, 3.8) is 0 Å². The van der Waals surface area contributed by atoms with Crippen molar-refractivity contribution >= 4 is 5.91 Å². The third-order valence-corrected chi connectivity index (χ3v) is 5.99. The van der Waals surface area contributed by atoms with Gasteiger partial charge in [-0.2, -0.15) is 0 Å². The molecule has 2 aromatic carbocycles. The predicted molar refractivity (Wildman–Crippen MR) is 92.9 cm³/mol. The summed E-state index contributed by atoms with van der Waals surface area (Å²) in [6.07, 6.45) is 4.24. The molecule has 3 aliphatic rings. The van der Waals surface area contributed by atoms with E-state index in [0.717, 1.165) is 37.7 Å². The summed E-state index contributed by atoms with van der Waals surface area (Å²) in [7, 11) is 0. The van der Waals surface area contributed by atoms with E-state index < -0.39 is 0 Å². The fourth-order valence-corrected chi connectivity index (χ4v) is 4.89. The van der Waals surface area contributed by atoms with Gasteiger partial charge in [0.2, 0.25) is 0 Å². The standard InChI is InChI=1S/C21H21NO2/c23-18-11-16-7-8-17(12-18)22(16)21(24)15-6-5-14-9-13-3-1-2-4-19(13)20(14)10-15/h1-6,10,16-18,23H,7-9,11-12H2. The fourth-order valence-electron chi connectivity index (χ4n) is 4.89. The van der Waals surface area contributed by atoms with E-state index >= 15 is 0 Å². The second kappa shape index (κ2) is 5.18. The van der Waals surface area contributed by atoms with Gasteiger partial charge in [-0.15, -0.1) is 0 Å². The molecule has 24 heavy (non-hydrogen) atoms. The van der Waals surface area contributed by atoms with Crippen molar-refractivity contribution in [2.24, 2.45) is 0 Å². The van der Waals surface area contributed by atoms with Crippen molar-refractivity contribution in [1.29, 1.82) is 0 Å². The van der Waals surface area contributed by atoms with Crippen molar-refractivity contribution < 1.29 is 9.90 Å². The number of benzene rings is 2. The lowest BCUT2D eigenvalue weighted by molar-refractivity contribution is 0.0287. The van der Waals surface area contributed by atoms with Crippen LogP contribution in [0, 0.1) is 0 Å². The summed E-state index contributed by atoms with van der Waals surface area (Å²) in [6.45, 7) is 0. The molecule has 0 radical (unpaired) electrons. The molecule has 2 bridgehead atoms. The third-order valence-electron chi connectivity index (χ3n) is 5.99. The van der Waals surface area contributed by atoms with Crippen LogP contribution in [-0.2, 0) is 6.42 Å². The van der Waals surface area contributed by atoms with E-state index in [9.17, 15) is 9.90 Å². The third kappa shape index (κ3) is 2.04. The molecule has 3 nitrogen and oxygen atoms in total. The number of fused-ring (bicyclic) bond motifs is 5. The van der Waals surface area contributed by atoms with Gasteiger partial charge in [-0.3, -0.25) is 4.79 Å². The van der Waals surface area contributed by atoms with E-state index in [-0.39, 0.29) is 24.1 Å². The van der Waals surface area contributed by atoms with E-state index in [1.54, 1.807) is 0 Å². The number of rotatable bonds is 1. The molecule has 3 heteroatoms. The molecule has 2 heterocycles. The molecular formula is C21H21NO2. The highest BCUT2D eigenvalue weighted by Gasteiger charge is 2.43. The Balaban J connectivity index is 1.50. The molecule has 2 aliphatic heterocycles. The molecule has 2 unspecified atom stereocenters. The molecule has 1 aliphatic carbocycles. The van der Waals surface area contributed by atoms with E-state index in [4.69, 9.17) is 0 Å². The first kappa shape index (κ1) is 14.2. The second-order valence-electron chi connectivity index (χ2n) is 7.43. The second-order valence-corrected chi connectivity index (χ2v) is 7.43. The van der Waals surface area contributed by atoms with Gasteiger partial charge in [-0.05, 0) is 66.5 Å². The summed E-state index contributed by atoms with van der Waals surface area (Å²) in [5.74, 6) is 0.140. The van der Waals surface area contributed by atoms with Gasteiger partial charge in [0.15, 0.2) is 0 Å². The maximum atomic E-state index is 13.1. The molecule has 122 valence electrons. The molecule has 2 atom stereocenters. The molecule has 0 spiro atoms. The quantitative estimate of drug-likeness (QED) is 0.747. The maximum Gasteiger partial charge on any atom is 0.254 e. The van der Waals surface area contributed by atoms with Crippen LogP contribution in [0.3, 0.4) is 0 Å². The largest absolute Gasteiger partial charge is 0.393 e. The molecule has 1 amide bonds. The summed E-state index contributed by atoms with van der Waals surface area (Å²) in [6, 6.07) is 15.1. The van der Waals surface area contributed by atoms with E-state index in [2.05, 4.69) is 41.3 Å². The highest BCUT2D eigenvalue weighted by molar-refractivity contribution is 5.97. The maximum absolute atomic E-state index is 13.1. The minimum absolute atomic E-state index is 0.140. The number of carbonyl (C=O) groups excluding carboxylic acids is 1. The molecule has 2 aromatic rings. The minimum atomic E-state index is -0.238. The van der Waals surface area contributed by atoms with Gasteiger partial charge in [-0.25, -0.2) is 0 Å². The van der Waals surface area contributed by atoms with Crippen molar-refractivity contribution in [2.75, 3.05) is 0 Å². The zero-order valence-corrected chi connectivity index (χ0v) is 13.6. The Hall–Kier alpha value is -2.13. The Labute approximate surface area is 141 Å². The molecule has 1 N–H and O–H groups in total. The van der Waals surface area contributed by atoms with Gasteiger partial charge < -0.3 is 10.0 Å². The first-order valence-corrected chi connectivity index (χ1v) is 8.92. The normalized spacial score (nSPS) is 27.0. The van der Waals surface area contributed by atoms with Crippen LogP contribution in [0.15, 0.2) is 42.5 Å². The van der Waals surface area contributed by atoms with Gasteiger partial charge in [0.05, 0.1) is 6.10 Å². The van der Waals surface area contributed by atoms with Crippen molar-refractivity contribution in [3.05, 3.63) is 59.2 Å². The van der Waals surface area contributed by atoms with Crippen LogP contribution >= 0.6 is 0 Å². The van der Waals surface area contributed by atoms with Crippen molar-refractivity contribution in [1.82, 2.24) is 4.90 Å². The molecule has 0 saturated carbocycles. The number of hydrogen-bond donors (Lipinski definition) is 1. The van der Waals surface area contributed by atoms with Gasteiger partial charge in [0, 0.05) is 17.6 Å². The van der Waals surface area contributed by atoms with Crippen molar-refractivity contribution in [3.8, 4) is 11.1 Å². The molecule has 2 saturated heterocycles. The minimum Gasteiger partial charge on any atom is -0.393 e. The lowest BCUT2D eigenvalue weighted by Crippen LogP contribution is -2.48. The first-order valence-electron chi connectivity index (χ1n) is 8.92. The molecule has 2 fully saturated rings. The SMILES string of the molecule is O=C(c1ccc2c(c1)-c1ccccc1C2)N1C2CCC1CC(O)C2. The Kier molecular flexibility index (Phi) is 3.07. The van der Waals surface area contributed by atoms with Crippen LogP contribution in [0.1, 0.15) is 47.2 Å². The van der Waals surface area contributed by atoms with Crippen molar-refractivity contribution in [2.45, 2.75) is 50.3 Å². The Morgan fingerprint density at radius 1 is 0.958 bits per heavy atom. The highest BCUT2D eigenvalue weighted by Crippen LogP contribution is 2.39. The summed E-state index contributed by atoms with van der Waals surface area (Å²) in [5, 5.41) is 9.96. The Morgan fingerprint density at radius 2 is 1.67 bits per heavy atom. The zero-order valence-electron chi connectivity index (χ0n) is 13.6. The average molecular weight is 319 g/mol. The van der Waals surface area contributed by atoms with Gasteiger partial charge in [0.1, 0.15) is 0 Å². The monoisotopic (exact) mass is 319 g/mol. The van der Waals surface area contributed by atoms with Gasteiger partial charge in [-0.1, -0.05) is 30.3 Å². The number of aliphatic hydroxyl groups excluding tert-OH is 1. The molecule has 0 aromatic heterocycles. The van der Waals surface area contributed by atoms with Crippen LogP contribution in [0.25, 0.3) is 11.1 Å². The smallest absolute Gasteiger partial charge is 0.254 e. The van der Waals surface area contributed by atoms with Crippen LogP contribution < -0.4 is 0 Å². The zero-order chi connectivity index (χ0) is 16.3. The average Bonchev–Trinajstić information content (AvgIpc) is 3.09. The first-order chi connectivity index (χ1) is 11.7. The van der Waals surface area contributed by atoms with Crippen LogP contribution in [-0.4, -0.2) is 34.1 Å².